The van der Waals surface area contributed by atoms with Crippen LogP contribution in [0.2, 0.25) is 0 Å². The number of anilines is 2. The topological polar surface area (TPSA) is 81.1 Å². The van der Waals surface area contributed by atoms with Gasteiger partial charge in [-0.15, -0.1) is 5.10 Å². The highest BCUT2D eigenvalue weighted by molar-refractivity contribution is 6.06. The first-order valence-corrected chi connectivity index (χ1v) is 11.6. The Bertz CT molecular complexity index is 1390. The van der Waals surface area contributed by atoms with Crippen LogP contribution in [0.5, 0.6) is 5.75 Å². The molecule has 0 saturated heterocycles. The van der Waals surface area contributed by atoms with Crippen molar-refractivity contribution in [2.75, 3.05) is 17.2 Å². The summed E-state index contributed by atoms with van der Waals surface area (Å²) in [7, 11) is 0. The van der Waals surface area contributed by atoms with Gasteiger partial charge in [0.2, 0.25) is 5.95 Å². The van der Waals surface area contributed by atoms with Gasteiger partial charge in [-0.25, -0.2) is 4.68 Å². The van der Waals surface area contributed by atoms with Crippen LogP contribution in [-0.4, -0.2) is 27.3 Å². The number of allylic oxidation sites excluding steroid dienone is 1. The number of hydrogen-bond acceptors (Lipinski definition) is 5. The standard InChI is InChI=1S/C28H27N5O2/c1-4-35-23-15-13-20(14-16-23)25-24(27(34)30-22-11-6-5-7-12-22)19(3)29-28-31-26(32-33(25)28)21-10-8-9-18(2)17-21/h5-17,25H,4H2,1-3H3,(H,30,34)(H,29,31,32). The Hall–Kier alpha value is -4.39. The molecule has 0 radical (unpaired) electrons. The molecule has 0 spiro atoms. The number of nitrogens with one attached hydrogen (secondary N) is 2. The molecule has 1 aliphatic heterocycles. The minimum atomic E-state index is -0.461. The van der Waals surface area contributed by atoms with Crippen LogP contribution < -0.4 is 15.4 Å². The normalized spacial score (nSPS) is 14.8. The number of amides is 1. The molecule has 1 aliphatic rings. The van der Waals surface area contributed by atoms with Crippen LogP contribution in [0.15, 0.2) is 90.1 Å². The number of carbonyl (C=O) groups excluding carboxylic acids is 1. The summed E-state index contributed by atoms with van der Waals surface area (Å²) in [6.07, 6.45) is 0. The molecule has 0 aliphatic carbocycles. The molecular weight excluding hydrogens is 438 g/mol. The quantitative estimate of drug-likeness (QED) is 0.389. The van der Waals surface area contributed by atoms with E-state index in [4.69, 9.17) is 14.8 Å². The van der Waals surface area contributed by atoms with Gasteiger partial charge in [0.05, 0.1) is 12.2 Å². The number of rotatable bonds is 6. The second-order valence-corrected chi connectivity index (χ2v) is 8.46. The summed E-state index contributed by atoms with van der Waals surface area (Å²) in [5, 5.41) is 11.2. The van der Waals surface area contributed by atoms with Gasteiger partial charge in [0.25, 0.3) is 5.91 Å². The molecule has 176 valence electrons. The summed E-state index contributed by atoms with van der Waals surface area (Å²) < 4.78 is 7.42. The highest BCUT2D eigenvalue weighted by Crippen LogP contribution is 2.37. The van der Waals surface area contributed by atoms with Crippen LogP contribution >= 0.6 is 0 Å². The number of fused-ring (bicyclic) bond motifs is 1. The molecule has 2 heterocycles. The molecule has 0 fully saturated rings. The molecule has 1 amide bonds. The van der Waals surface area contributed by atoms with E-state index < -0.39 is 6.04 Å². The summed E-state index contributed by atoms with van der Waals surface area (Å²) in [5.74, 6) is 1.78. The van der Waals surface area contributed by atoms with E-state index in [1.807, 2.05) is 93.6 Å². The van der Waals surface area contributed by atoms with Crippen molar-refractivity contribution in [1.29, 1.82) is 0 Å². The lowest BCUT2D eigenvalue weighted by Crippen LogP contribution is -2.31. The van der Waals surface area contributed by atoms with Gasteiger partial charge >= 0.3 is 0 Å². The second-order valence-electron chi connectivity index (χ2n) is 8.46. The Kier molecular flexibility index (Phi) is 6.06. The lowest BCUT2D eigenvalue weighted by molar-refractivity contribution is -0.113. The van der Waals surface area contributed by atoms with Crippen molar-refractivity contribution in [1.82, 2.24) is 14.8 Å². The van der Waals surface area contributed by atoms with E-state index in [1.54, 1.807) is 4.68 Å². The number of ether oxygens (including phenoxy) is 1. The van der Waals surface area contributed by atoms with Gasteiger partial charge in [-0.2, -0.15) is 4.98 Å². The lowest BCUT2D eigenvalue weighted by Gasteiger charge is -2.28. The van der Waals surface area contributed by atoms with Crippen molar-refractivity contribution in [2.45, 2.75) is 26.8 Å². The summed E-state index contributed by atoms with van der Waals surface area (Å²) >= 11 is 0. The fourth-order valence-corrected chi connectivity index (χ4v) is 4.29. The van der Waals surface area contributed by atoms with Crippen LogP contribution in [0.3, 0.4) is 0 Å². The minimum absolute atomic E-state index is 0.196. The number of benzene rings is 3. The zero-order valence-corrected chi connectivity index (χ0v) is 19.9. The number of aryl methyl sites for hydroxylation is 1. The van der Waals surface area contributed by atoms with Gasteiger partial charge in [-0.3, -0.25) is 4.79 Å². The Morgan fingerprint density at radius 3 is 2.51 bits per heavy atom. The van der Waals surface area contributed by atoms with E-state index in [1.165, 1.54) is 0 Å². The van der Waals surface area contributed by atoms with Crippen molar-refractivity contribution < 1.29 is 9.53 Å². The molecule has 1 atom stereocenters. The maximum atomic E-state index is 13.6. The van der Waals surface area contributed by atoms with Crippen molar-refractivity contribution >= 4 is 17.5 Å². The zero-order chi connectivity index (χ0) is 24.4. The van der Waals surface area contributed by atoms with Crippen LogP contribution in [0.4, 0.5) is 11.6 Å². The van der Waals surface area contributed by atoms with Crippen molar-refractivity contribution in [3.05, 3.63) is 101 Å². The summed E-state index contributed by atoms with van der Waals surface area (Å²) in [6, 6.07) is 24.8. The van der Waals surface area contributed by atoms with E-state index in [0.717, 1.165) is 33.8 Å². The Labute approximate surface area is 204 Å². The fraction of sp³-hybridized carbons (Fsp3) is 0.179. The number of nitrogens with zero attached hydrogens (tertiary/aromatic N) is 3. The monoisotopic (exact) mass is 465 g/mol. The molecule has 0 saturated carbocycles. The van der Waals surface area contributed by atoms with E-state index in [9.17, 15) is 4.79 Å². The molecule has 7 nitrogen and oxygen atoms in total. The largest absolute Gasteiger partial charge is 0.494 e. The van der Waals surface area contributed by atoms with Crippen LogP contribution in [0.1, 0.15) is 31.0 Å². The lowest BCUT2D eigenvalue weighted by atomic mass is 9.95. The molecule has 5 rings (SSSR count). The van der Waals surface area contributed by atoms with E-state index in [0.29, 0.717) is 24.0 Å². The average molecular weight is 466 g/mol. The van der Waals surface area contributed by atoms with Crippen LogP contribution in [0, 0.1) is 6.92 Å². The summed E-state index contributed by atoms with van der Waals surface area (Å²) in [4.78, 5) is 18.3. The second kappa shape index (κ2) is 9.46. The summed E-state index contributed by atoms with van der Waals surface area (Å²) in [5.41, 5.74) is 5.00. The molecule has 1 unspecified atom stereocenters. The third-order valence-electron chi connectivity index (χ3n) is 5.91. The van der Waals surface area contributed by atoms with Crippen molar-refractivity contribution in [3.63, 3.8) is 0 Å². The highest BCUT2D eigenvalue weighted by Gasteiger charge is 2.34. The van der Waals surface area contributed by atoms with Crippen molar-refractivity contribution in [2.24, 2.45) is 0 Å². The predicted octanol–water partition coefficient (Wildman–Crippen LogP) is 5.58. The summed E-state index contributed by atoms with van der Waals surface area (Å²) in [6.45, 7) is 6.47. The number of aromatic nitrogens is 3. The fourth-order valence-electron chi connectivity index (χ4n) is 4.29. The first-order chi connectivity index (χ1) is 17.0. The van der Waals surface area contributed by atoms with E-state index in [-0.39, 0.29) is 5.91 Å². The Morgan fingerprint density at radius 2 is 1.80 bits per heavy atom. The minimum Gasteiger partial charge on any atom is -0.494 e. The molecule has 1 aromatic heterocycles. The number of para-hydroxylation sites is 1. The van der Waals surface area contributed by atoms with Crippen LogP contribution in [-0.2, 0) is 4.79 Å². The van der Waals surface area contributed by atoms with Crippen molar-refractivity contribution in [3.8, 4) is 17.1 Å². The van der Waals surface area contributed by atoms with Gasteiger partial charge < -0.3 is 15.4 Å². The average Bonchev–Trinajstić information content (AvgIpc) is 3.28. The Balaban J connectivity index is 1.59. The van der Waals surface area contributed by atoms with Gasteiger partial charge in [0.15, 0.2) is 5.82 Å². The Morgan fingerprint density at radius 1 is 1.03 bits per heavy atom. The third-order valence-corrected chi connectivity index (χ3v) is 5.91. The SMILES string of the molecule is CCOc1ccc(C2C(C(=O)Nc3ccccc3)=C(C)Nc3nc(-c4cccc(C)c4)nn32)cc1. The maximum Gasteiger partial charge on any atom is 0.255 e. The highest BCUT2D eigenvalue weighted by atomic mass is 16.5. The molecule has 35 heavy (non-hydrogen) atoms. The molecule has 4 aromatic rings. The van der Waals surface area contributed by atoms with Crippen LogP contribution in [0.25, 0.3) is 11.4 Å². The zero-order valence-electron chi connectivity index (χ0n) is 19.9. The first-order valence-electron chi connectivity index (χ1n) is 11.6. The van der Waals surface area contributed by atoms with Gasteiger partial charge in [0.1, 0.15) is 11.8 Å². The first kappa shape index (κ1) is 22.4. The van der Waals surface area contributed by atoms with Gasteiger partial charge in [-0.1, -0.05) is 54.1 Å². The smallest absolute Gasteiger partial charge is 0.255 e. The van der Waals surface area contributed by atoms with E-state index >= 15 is 0 Å². The maximum absolute atomic E-state index is 13.6. The van der Waals surface area contributed by atoms with Gasteiger partial charge in [-0.05, 0) is 56.7 Å². The molecule has 2 N–H and O–H groups in total. The van der Waals surface area contributed by atoms with E-state index in [2.05, 4.69) is 16.7 Å². The predicted molar refractivity (Wildman–Crippen MR) is 137 cm³/mol. The van der Waals surface area contributed by atoms with Gasteiger partial charge in [0, 0.05) is 16.9 Å². The molecule has 7 heteroatoms. The number of carbonyl (C=O) groups is 1. The molecular formula is C28H27N5O2. The molecule has 3 aromatic carbocycles. The number of hydrogen-bond donors (Lipinski definition) is 2. The third kappa shape index (κ3) is 4.53. The molecule has 0 bridgehead atoms.